The lowest BCUT2D eigenvalue weighted by Gasteiger charge is -2.13. The van der Waals surface area contributed by atoms with Crippen molar-refractivity contribution in [1.82, 2.24) is 4.98 Å². The monoisotopic (exact) mass is 430 g/mol. The predicted octanol–water partition coefficient (Wildman–Crippen LogP) is 4.11. The highest BCUT2D eigenvalue weighted by Gasteiger charge is 2.18. The Morgan fingerprint density at radius 2 is 1.53 bits per heavy atom. The smallest absolute Gasteiger partial charge is 0.257 e. The number of nitrogens with zero attached hydrogens (tertiary/aromatic N) is 1. The van der Waals surface area contributed by atoms with E-state index in [0.717, 1.165) is 5.56 Å². The van der Waals surface area contributed by atoms with E-state index in [1.165, 1.54) is 32.7 Å². The molecule has 30 heavy (non-hydrogen) atoms. The number of carbonyl (C=O) groups is 1. The number of carbonyl (C=O) groups excluding carboxylic acids is 1. The van der Waals surface area contributed by atoms with Gasteiger partial charge in [-0.15, -0.1) is 11.3 Å². The van der Waals surface area contributed by atoms with Crippen LogP contribution in [0.1, 0.15) is 10.4 Å². The highest BCUT2D eigenvalue weighted by Crippen LogP contribution is 2.39. The molecular weight excluding hydrogens is 408 g/mol. The fourth-order valence-corrected chi connectivity index (χ4v) is 3.55. The third-order valence-corrected chi connectivity index (χ3v) is 5.09. The molecule has 0 aliphatic heterocycles. The lowest BCUT2D eigenvalue weighted by molar-refractivity contribution is 0.102. The van der Waals surface area contributed by atoms with E-state index in [1.807, 2.05) is 17.5 Å². The Morgan fingerprint density at radius 1 is 0.867 bits per heavy atom. The van der Waals surface area contributed by atoms with Crippen LogP contribution < -0.4 is 29.0 Å². The summed E-state index contributed by atoms with van der Waals surface area (Å²) in [6.45, 7) is 0. The van der Waals surface area contributed by atoms with Gasteiger partial charge in [0.05, 0.1) is 41.2 Å². The lowest BCUT2D eigenvalue weighted by atomic mass is 10.1. The summed E-state index contributed by atoms with van der Waals surface area (Å²) in [6, 6.07) is 8.63. The van der Waals surface area contributed by atoms with Crippen LogP contribution in [-0.2, 0) is 0 Å². The predicted molar refractivity (Wildman–Crippen MR) is 115 cm³/mol. The Kier molecular flexibility index (Phi) is 6.63. The minimum Gasteiger partial charge on any atom is -0.497 e. The van der Waals surface area contributed by atoms with E-state index in [1.54, 1.807) is 32.4 Å². The first kappa shape index (κ1) is 21.3. The molecule has 3 aromatic rings. The molecular formula is C21H22N2O6S. The molecule has 1 heterocycles. The van der Waals surface area contributed by atoms with Crippen molar-refractivity contribution in [3.8, 4) is 40.0 Å². The Balaban J connectivity index is 1.85. The van der Waals surface area contributed by atoms with Crippen molar-refractivity contribution < 1.29 is 28.5 Å². The van der Waals surface area contributed by atoms with E-state index < -0.39 is 0 Å². The summed E-state index contributed by atoms with van der Waals surface area (Å²) in [7, 11) is 7.67. The van der Waals surface area contributed by atoms with Gasteiger partial charge in [0, 0.05) is 22.6 Å². The van der Waals surface area contributed by atoms with Gasteiger partial charge in [0.1, 0.15) is 11.5 Å². The standard InChI is InChI=1S/C21H22N2O6S/c1-25-13-6-7-14(16(10-13)26-2)15-11-30-21(22-15)23-20(24)12-8-17(27-3)19(29-5)18(9-12)28-4/h6-11H,1-5H3,(H,22,23,24). The fourth-order valence-electron chi connectivity index (χ4n) is 2.85. The molecule has 0 spiro atoms. The van der Waals surface area contributed by atoms with Crippen LogP contribution in [0.3, 0.4) is 0 Å². The summed E-state index contributed by atoms with van der Waals surface area (Å²) in [5, 5.41) is 5.09. The molecule has 2 aromatic carbocycles. The van der Waals surface area contributed by atoms with Crippen molar-refractivity contribution >= 4 is 22.4 Å². The maximum atomic E-state index is 12.8. The van der Waals surface area contributed by atoms with Gasteiger partial charge in [-0.05, 0) is 24.3 Å². The van der Waals surface area contributed by atoms with Crippen LogP contribution in [0.2, 0.25) is 0 Å². The van der Waals surface area contributed by atoms with Crippen LogP contribution >= 0.6 is 11.3 Å². The molecule has 1 amide bonds. The molecule has 0 aliphatic carbocycles. The van der Waals surface area contributed by atoms with Crippen molar-refractivity contribution in [2.24, 2.45) is 0 Å². The van der Waals surface area contributed by atoms with Crippen molar-refractivity contribution in [2.75, 3.05) is 40.9 Å². The minimum absolute atomic E-state index is 0.350. The van der Waals surface area contributed by atoms with Crippen LogP contribution in [0.15, 0.2) is 35.7 Å². The average molecular weight is 430 g/mol. The second kappa shape index (κ2) is 9.36. The molecule has 0 atom stereocenters. The third-order valence-electron chi connectivity index (χ3n) is 4.34. The number of ether oxygens (including phenoxy) is 5. The van der Waals surface area contributed by atoms with Gasteiger partial charge in [0.2, 0.25) is 5.75 Å². The molecule has 0 radical (unpaired) electrons. The molecule has 8 nitrogen and oxygen atoms in total. The summed E-state index contributed by atoms with van der Waals surface area (Å²) in [5.74, 6) is 2.16. The average Bonchev–Trinajstić information content (AvgIpc) is 3.25. The number of benzene rings is 2. The van der Waals surface area contributed by atoms with E-state index in [2.05, 4.69) is 10.3 Å². The number of methoxy groups -OCH3 is 5. The summed E-state index contributed by atoms with van der Waals surface area (Å²) in [4.78, 5) is 17.3. The molecule has 0 fully saturated rings. The summed E-state index contributed by atoms with van der Waals surface area (Å²) >= 11 is 1.31. The zero-order valence-corrected chi connectivity index (χ0v) is 18.1. The fraction of sp³-hybridized carbons (Fsp3) is 0.238. The maximum Gasteiger partial charge on any atom is 0.257 e. The number of hydrogen-bond acceptors (Lipinski definition) is 8. The maximum absolute atomic E-state index is 12.8. The van der Waals surface area contributed by atoms with Gasteiger partial charge in [0.25, 0.3) is 5.91 Å². The first-order valence-electron chi connectivity index (χ1n) is 8.83. The molecule has 0 saturated heterocycles. The lowest BCUT2D eigenvalue weighted by Crippen LogP contribution is -2.12. The Hall–Kier alpha value is -3.46. The van der Waals surface area contributed by atoms with Gasteiger partial charge in [-0.1, -0.05) is 0 Å². The third kappa shape index (κ3) is 4.25. The van der Waals surface area contributed by atoms with E-state index in [9.17, 15) is 4.79 Å². The van der Waals surface area contributed by atoms with E-state index in [-0.39, 0.29) is 5.91 Å². The number of rotatable bonds is 8. The van der Waals surface area contributed by atoms with Crippen LogP contribution in [0.25, 0.3) is 11.3 Å². The number of anilines is 1. The molecule has 1 N–H and O–H groups in total. The van der Waals surface area contributed by atoms with Crippen molar-refractivity contribution in [2.45, 2.75) is 0 Å². The van der Waals surface area contributed by atoms with E-state index >= 15 is 0 Å². The van der Waals surface area contributed by atoms with Gasteiger partial charge in [-0.25, -0.2) is 4.98 Å². The normalized spacial score (nSPS) is 10.3. The van der Waals surface area contributed by atoms with Crippen LogP contribution in [0.5, 0.6) is 28.7 Å². The summed E-state index contributed by atoms with van der Waals surface area (Å²) < 4.78 is 26.6. The second-order valence-corrected chi connectivity index (χ2v) is 6.83. The molecule has 9 heteroatoms. The quantitative estimate of drug-likeness (QED) is 0.575. The molecule has 0 bridgehead atoms. The largest absolute Gasteiger partial charge is 0.497 e. The van der Waals surface area contributed by atoms with Crippen molar-refractivity contribution in [3.63, 3.8) is 0 Å². The number of aromatic nitrogens is 1. The highest BCUT2D eigenvalue weighted by molar-refractivity contribution is 7.14. The van der Waals surface area contributed by atoms with E-state index in [4.69, 9.17) is 23.7 Å². The van der Waals surface area contributed by atoms with Gasteiger partial charge >= 0.3 is 0 Å². The molecule has 0 unspecified atom stereocenters. The number of amides is 1. The topological polar surface area (TPSA) is 88.1 Å². The summed E-state index contributed by atoms with van der Waals surface area (Å²) in [6.07, 6.45) is 0. The summed E-state index contributed by atoms with van der Waals surface area (Å²) in [5.41, 5.74) is 1.82. The number of thiazole rings is 1. The molecule has 3 rings (SSSR count). The zero-order valence-electron chi connectivity index (χ0n) is 17.3. The zero-order chi connectivity index (χ0) is 21.7. The van der Waals surface area contributed by atoms with Crippen molar-refractivity contribution in [1.29, 1.82) is 0 Å². The van der Waals surface area contributed by atoms with Gasteiger partial charge in [-0.3, -0.25) is 10.1 Å². The number of nitrogens with one attached hydrogen (secondary N) is 1. The van der Waals surface area contributed by atoms with Gasteiger partial charge < -0.3 is 23.7 Å². The molecule has 0 saturated carbocycles. The minimum atomic E-state index is -0.350. The van der Waals surface area contributed by atoms with Crippen LogP contribution in [-0.4, -0.2) is 46.4 Å². The van der Waals surface area contributed by atoms with Gasteiger partial charge in [-0.2, -0.15) is 0 Å². The Morgan fingerprint density at radius 3 is 2.10 bits per heavy atom. The molecule has 158 valence electrons. The molecule has 0 aliphatic rings. The first-order chi connectivity index (χ1) is 14.5. The van der Waals surface area contributed by atoms with Crippen LogP contribution in [0.4, 0.5) is 5.13 Å². The Labute approximate surface area is 178 Å². The van der Waals surface area contributed by atoms with Crippen LogP contribution in [0, 0.1) is 0 Å². The first-order valence-corrected chi connectivity index (χ1v) is 9.71. The van der Waals surface area contributed by atoms with Gasteiger partial charge in [0.15, 0.2) is 16.6 Å². The van der Waals surface area contributed by atoms with Crippen molar-refractivity contribution in [3.05, 3.63) is 41.3 Å². The highest BCUT2D eigenvalue weighted by atomic mass is 32.1. The number of hydrogen-bond donors (Lipinski definition) is 1. The second-order valence-electron chi connectivity index (χ2n) is 5.97. The van der Waals surface area contributed by atoms with E-state index in [0.29, 0.717) is 45.1 Å². The SMILES string of the molecule is COc1ccc(-c2csc(NC(=O)c3cc(OC)c(OC)c(OC)c3)n2)c(OC)c1. The molecule has 1 aromatic heterocycles. The Bertz CT molecular complexity index is 1020.